The highest BCUT2D eigenvalue weighted by molar-refractivity contribution is 7.13. The van der Waals surface area contributed by atoms with Gasteiger partial charge in [0.25, 0.3) is 0 Å². The molecule has 0 aliphatic carbocycles. The van der Waals surface area contributed by atoms with E-state index in [1.165, 1.54) is 17.5 Å². The molecule has 2 fully saturated rings. The van der Waals surface area contributed by atoms with Crippen molar-refractivity contribution in [2.24, 2.45) is 7.05 Å². The number of hydrogen-bond acceptors (Lipinski definition) is 11. The second-order valence-corrected chi connectivity index (χ2v) is 11.6. The van der Waals surface area contributed by atoms with Crippen LogP contribution < -0.4 is 15.4 Å². The van der Waals surface area contributed by atoms with Crippen LogP contribution in [0.2, 0.25) is 0 Å². The Balaban J connectivity index is 1.42. The zero-order valence-corrected chi connectivity index (χ0v) is 26.0. The highest BCUT2D eigenvalue weighted by Crippen LogP contribution is 2.40. The summed E-state index contributed by atoms with van der Waals surface area (Å²) < 4.78 is 24.9. The van der Waals surface area contributed by atoms with Crippen molar-refractivity contribution in [1.29, 1.82) is 0 Å². The molecule has 45 heavy (non-hydrogen) atoms. The van der Waals surface area contributed by atoms with Crippen LogP contribution in [0.15, 0.2) is 42.3 Å². The van der Waals surface area contributed by atoms with Gasteiger partial charge in [-0.1, -0.05) is 0 Å². The summed E-state index contributed by atoms with van der Waals surface area (Å²) in [5.74, 6) is 0.235. The third-order valence-corrected chi connectivity index (χ3v) is 8.36. The van der Waals surface area contributed by atoms with Gasteiger partial charge in [0.1, 0.15) is 23.0 Å². The molecule has 14 heteroatoms. The van der Waals surface area contributed by atoms with Crippen molar-refractivity contribution >= 4 is 29.2 Å². The number of pyridine rings is 2. The quantitative estimate of drug-likeness (QED) is 0.248. The molecule has 236 valence electrons. The highest BCUT2D eigenvalue weighted by atomic mass is 32.1. The van der Waals surface area contributed by atoms with Gasteiger partial charge in [-0.2, -0.15) is 5.10 Å². The van der Waals surface area contributed by atoms with Crippen LogP contribution in [0.4, 0.5) is 10.6 Å². The summed E-state index contributed by atoms with van der Waals surface area (Å²) in [6, 6.07) is 3.12. The van der Waals surface area contributed by atoms with Crippen LogP contribution in [0.25, 0.3) is 33.0 Å². The third-order valence-electron chi connectivity index (χ3n) is 7.48. The number of carbonyl (C=O) groups excluding carboxylic acids is 2. The van der Waals surface area contributed by atoms with E-state index in [1.807, 2.05) is 25.5 Å². The number of ether oxygens (including phenoxy) is 4. The number of urea groups is 1. The molecule has 6 heterocycles. The Bertz CT molecular complexity index is 1640. The zero-order chi connectivity index (χ0) is 31.2. The number of hydrogen-bond donors (Lipinski definition) is 2. The number of amides is 2. The zero-order valence-electron chi connectivity index (χ0n) is 25.2. The molecule has 2 amide bonds. The summed E-state index contributed by atoms with van der Waals surface area (Å²) in [4.78, 5) is 39.8. The SMILES string of the molecule is CCNC(=O)Nc1cc(-c2nc(-c3cnn(C)c3)cs2)c(-c2cc(C(=O)OC3CCOCC3)cnc2OC2CCOCC2)cn1. The molecule has 2 aliphatic rings. The van der Waals surface area contributed by atoms with E-state index in [2.05, 4.69) is 25.7 Å². The summed E-state index contributed by atoms with van der Waals surface area (Å²) in [5.41, 5.74) is 3.81. The minimum atomic E-state index is -0.467. The summed E-state index contributed by atoms with van der Waals surface area (Å²) in [5, 5.41) is 12.4. The Morgan fingerprint density at radius 1 is 0.978 bits per heavy atom. The van der Waals surface area contributed by atoms with Crippen LogP contribution in [0, 0.1) is 0 Å². The Labute approximate surface area is 264 Å². The molecule has 4 aromatic heterocycles. The minimum absolute atomic E-state index is 0.0998. The average Bonchev–Trinajstić information content (AvgIpc) is 3.72. The molecular weight excluding hydrogens is 598 g/mol. The predicted molar refractivity (Wildman–Crippen MR) is 167 cm³/mol. The standard InChI is InChI=1S/C31H35N7O6S/c1-3-32-31(40)37-27-13-24(29-36-26(18-45-29)20-15-35-38(2)17-20)25(16-33-27)23-12-19(30(39)44-22-6-10-42-11-7-22)14-34-28(23)43-21-4-8-41-9-5-21/h12-18,21-22H,3-11H2,1-2H3,(H2,32,33,37,40). The molecule has 0 unspecified atom stereocenters. The fourth-order valence-electron chi connectivity index (χ4n) is 5.14. The molecule has 0 spiro atoms. The van der Waals surface area contributed by atoms with Gasteiger partial charge >= 0.3 is 12.0 Å². The molecule has 0 aromatic carbocycles. The maximum Gasteiger partial charge on any atom is 0.340 e. The number of rotatable bonds is 9. The van der Waals surface area contributed by atoms with Gasteiger partial charge in [-0.25, -0.2) is 24.5 Å². The molecule has 2 aliphatic heterocycles. The van der Waals surface area contributed by atoms with Gasteiger partial charge in [-0.05, 0) is 19.1 Å². The minimum Gasteiger partial charge on any atom is -0.474 e. The monoisotopic (exact) mass is 633 g/mol. The van der Waals surface area contributed by atoms with Crippen LogP contribution in [-0.4, -0.2) is 81.9 Å². The van der Waals surface area contributed by atoms with Gasteiger partial charge in [0.05, 0.1) is 43.9 Å². The molecule has 0 bridgehead atoms. The highest BCUT2D eigenvalue weighted by Gasteiger charge is 2.25. The van der Waals surface area contributed by atoms with Gasteiger partial charge in [0, 0.05) is 85.5 Å². The molecule has 0 atom stereocenters. The van der Waals surface area contributed by atoms with Crippen molar-refractivity contribution in [1.82, 2.24) is 30.0 Å². The van der Waals surface area contributed by atoms with Gasteiger partial charge in [-0.15, -0.1) is 11.3 Å². The lowest BCUT2D eigenvalue weighted by Crippen LogP contribution is -2.28. The Hall–Kier alpha value is -4.40. The van der Waals surface area contributed by atoms with E-state index < -0.39 is 5.97 Å². The lowest BCUT2D eigenvalue weighted by atomic mass is 10.0. The number of thiazole rings is 1. The maximum atomic E-state index is 13.3. The predicted octanol–water partition coefficient (Wildman–Crippen LogP) is 4.70. The smallest absolute Gasteiger partial charge is 0.340 e. The summed E-state index contributed by atoms with van der Waals surface area (Å²) in [6.45, 7) is 4.61. The number of aromatic nitrogens is 5. The van der Waals surface area contributed by atoms with Crippen molar-refractivity contribution in [3.8, 4) is 38.8 Å². The number of anilines is 1. The first-order chi connectivity index (χ1) is 22.0. The second-order valence-electron chi connectivity index (χ2n) is 10.8. The number of nitrogens with one attached hydrogen (secondary N) is 2. The first-order valence-electron chi connectivity index (χ1n) is 15.0. The van der Waals surface area contributed by atoms with Crippen molar-refractivity contribution < 1.29 is 28.5 Å². The lowest BCUT2D eigenvalue weighted by Gasteiger charge is -2.25. The van der Waals surface area contributed by atoms with Gasteiger partial charge in [0.15, 0.2) is 0 Å². The van der Waals surface area contributed by atoms with E-state index in [-0.39, 0.29) is 18.2 Å². The molecule has 6 rings (SSSR count). The van der Waals surface area contributed by atoms with Crippen LogP contribution in [0.1, 0.15) is 43.0 Å². The molecule has 13 nitrogen and oxygen atoms in total. The summed E-state index contributed by atoms with van der Waals surface area (Å²) >= 11 is 1.44. The van der Waals surface area contributed by atoms with Crippen molar-refractivity contribution in [3.05, 3.63) is 47.9 Å². The van der Waals surface area contributed by atoms with E-state index >= 15 is 0 Å². The van der Waals surface area contributed by atoms with Crippen LogP contribution >= 0.6 is 11.3 Å². The molecule has 0 saturated carbocycles. The molecule has 4 aromatic rings. The fraction of sp³-hybridized carbons (Fsp3) is 0.419. The first kappa shape index (κ1) is 30.6. The average molecular weight is 634 g/mol. The van der Waals surface area contributed by atoms with Crippen molar-refractivity contribution in [3.63, 3.8) is 0 Å². The number of aryl methyl sites for hydroxylation is 1. The Kier molecular flexibility index (Phi) is 9.62. The molecule has 0 radical (unpaired) electrons. The number of nitrogens with zero attached hydrogens (tertiary/aromatic N) is 5. The topological polar surface area (TPSA) is 152 Å². The normalized spacial score (nSPS) is 15.9. The fourth-order valence-corrected chi connectivity index (χ4v) is 5.99. The molecule has 2 saturated heterocycles. The number of carbonyl (C=O) groups is 2. The van der Waals surface area contributed by atoms with E-state index in [9.17, 15) is 9.59 Å². The number of esters is 1. The first-order valence-corrected chi connectivity index (χ1v) is 15.9. The molecule has 2 N–H and O–H groups in total. The second kappa shape index (κ2) is 14.1. The van der Waals surface area contributed by atoms with E-state index in [0.717, 1.165) is 24.1 Å². The molecular formula is C31H35N7O6S. The largest absolute Gasteiger partial charge is 0.474 e. The summed E-state index contributed by atoms with van der Waals surface area (Å²) in [7, 11) is 1.85. The van der Waals surface area contributed by atoms with Crippen molar-refractivity contribution in [2.45, 2.75) is 44.8 Å². The van der Waals surface area contributed by atoms with Gasteiger partial charge in [-0.3, -0.25) is 10.00 Å². The summed E-state index contributed by atoms with van der Waals surface area (Å²) in [6.07, 6.45) is 9.20. The van der Waals surface area contributed by atoms with E-state index in [4.69, 9.17) is 23.9 Å². The third kappa shape index (κ3) is 7.47. The van der Waals surface area contributed by atoms with Crippen LogP contribution in [-0.2, 0) is 21.3 Å². The Morgan fingerprint density at radius 2 is 1.73 bits per heavy atom. The Morgan fingerprint density at radius 3 is 2.44 bits per heavy atom. The van der Waals surface area contributed by atoms with Crippen LogP contribution in [0.3, 0.4) is 0 Å². The van der Waals surface area contributed by atoms with E-state index in [1.54, 1.807) is 29.2 Å². The maximum absolute atomic E-state index is 13.3. The van der Waals surface area contributed by atoms with Crippen LogP contribution in [0.5, 0.6) is 5.88 Å². The van der Waals surface area contributed by atoms with Gasteiger partial charge in [0.2, 0.25) is 5.88 Å². The van der Waals surface area contributed by atoms with Crippen molar-refractivity contribution in [2.75, 3.05) is 38.3 Å². The van der Waals surface area contributed by atoms with Gasteiger partial charge < -0.3 is 24.3 Å². The van der Waals surface area contributed by atoms with E-state index in [0.29, 0.717) is 84.8 Å². The lowest BCUT2D eigenvalue weighted by molar-refractivity contribution is -0.0159.